The van der Waals surface area contributed by atoms with E-state index in [9.17, 15) is 9.90 Å². The lowest BCUT2D eigenvalue weighted by atomic mass is 10.1. The first-order valence-corrected chi connectivity index (χ1v) is 8.59. The van der Waals surface area contributed by atoms with Crippen LogP contribution in [0.5, 0.6) is 0 Å². The molecule has 0 spiro atoms. The molecule has 21 heavy (non-hydrogen) atoms. The monoisotopic (exact) mass is 368 g/mol. The number of hydrogen-bond acceptors (Lipinski definition) is 4. The molecular formula is C15H17BrN2O2S. The van der Waals surface area contributed by atoms with Crippen LogP contribution in [0.15, 0.2) is 22.7 Å². The number of nitrogen functional groups attached to an aromatic ring is 1. The van der Waals surface area contributed by atoms with Gasteiger partial charge in [-0.15, -0.1) is 11.3 Å². The highest BCUT2D eigenvalue weighted by Gasteiger charge is 2.24. The molecule has 1 saturated carbocycles. The van der Waals surface area contributed by atoms with Crippen molar-refractivity contribution in [1.29, 1.82) is 0 Å². The fraction of sp³-hybridized carbons (Fsp3) is 0.400. The van der Waals surface area contributed by atoms with Crippen molar-refractivity contribution in [3.05, 3.63) is 27.5 Å². The molecule has 2 unspecified atom stereocenters. The zero-order chi connectivity index (χ0) is 15.0. The Morgan fingerprint density at radius 2 is 2.29 bits per heavy atom. The van der Waals surface area contributed by atoms with Crippen molar-refractivity contribution in [2.75, 3.05) is 12.3 Å². The molecule has 1 aliphatic rings. The lowest BCUT2D eigenvalue weighted by Crippen LogP contribution is -2.28. The van der Waals surface area contributed by atoms with Crippen LogP contribution in [-0.2, 0) is 0 Å². The van der Waals surface area contributed by atoms with Gasteiger partial charge in [0.15, 0.2) is 0 Å². The fourth-order valence-corrected chi connectivity index (χ4v) is 4.19. The van der Waals surface area contributed by atoms with Gasteiger partial charge in [0, 0.05) is 21.1 Å². The quantitative estimate of drug-likeness (QED) is 0.778. The molecule has 1 aliphatic carbocycles. The highest BCUT2D eigenvalue weighted by Crippen LogP contribution is 2.35. The van der Waals surface area contributed by atoms with Crippen LogP contribution in [0.4, 0.5) is 5.69 Å². The number of thiophene rings is 1. The van der Waals surface area contributed by atoms with Gasteiger partial charge >= 0.3 is 0 Å². The lowest BCUT2D eigenvalue weighted by Gasteiger charge is -2.10. The second-order valence-corrected chi connectivity index (χ2v) is 7.50. The minimum Gasteiger partial charge on any atom is -0.397 e. The molecule has 4 nitrogen and oxygen atoms in total. The van der Waals surface area contributed by atoms with E-state index in [2.05, 4.69) is 21.2 Å². The minimum atomic E-state index is -0.210. The summed E-state index contributed by atoms with van der Waals surface area (Å²) < 4.78 is 1.96. The summed E-state index contributed by atoms with van der Waals surface area (Å²) in [5.41, 5.74) is 6.65. The van der Waals surface area contributed by atoms with E-state index in [1.54, 1.807) is 0 Å². The number of anilines is 1. The van der Waals surface area contributed by atoms with E-state index in [-0.39, 0.29) is 12.0 Å². The van der Waals surface area contributed by atoms with Crippen molar-refractivity contribution in [1.82, 2.24) is 5.32 Å². The molecule has 2 atom stereocenters. The first-order valence-electron chi connectivity index (χ1n) is 6.98. The first kappa shape index (κ1) is 14.8. The molecule has 1 fully saturated rings. The summed E-state index contributed by atoms with van der Waals surface area (Å²) in [7, 11) is 0. The standard InChI is InChI=1S/C15H17BrN2O2S/c16-9-2-4-12-11(6-9)13(17)14(21-12)15(20)18-7-8-1-3-10(19)5-8/h2,4,6,8,10,19H,1,3,5,7,17H2,(H,18,20). The van der Waals surface area contributed by atoms with Gasteiger partial charge in [-0.3, -0.25) is 4.79 Å². The van der Waals surface area contributed by atoms with Gasteiger partial charge < -0.3 is 16.2 Å². The molecule has 0 aliphatic heterocycles. The van der Waals surface area contributed by atoms with E-state index in [0.29, 0.717) is 23.0 Å². The summed E-state index contributed by atoms with van der Waals surface area (Å²) in [5.74, 6) is 0.250. The summed E-state index contributed by atoms with van der Waals surface area (Å²) in [6, 6.07) is 5.84. The topological polar surface area (TPSA) is 75.4 Å². The number of fused-ring (bicyclic) bond motifs is 1. The Morgan fingerprint density at radius 1 is 1.48 bits per heavy atom. The van der Waals surface area contributed by atoms with Gasteiger partial charge in [-0.25, -0.2) is 0 Å². The number of halogens is 1. The van der Waals surface area contributed by atoms with Crippen molar-refractivity contribution in [2.24, 2.45) is 5.92 Å². The predicted molar refractivity (Wildman–Crippen MR) is 89.6 cm³/mol. The number of aliphatic hydroxyl groups excluding tert-OH is 1. The van der Waals surface area contributed by atoms with Crippen LogP contribution in [0.25, 0.3) is 10.1 Å². The highest BCUT2D eigenvalue weighted by molar-refractivity contribution is 9.10. The number of amides is 1. The van der Waals surface area contributed by atoms with Gasteiger partial charge in [0.2, 0.25) is 0 Å². The summed E-state index contributed by atoms with van der Waals surface area (Å²) in [4.78, 5) is 12.9. The van der Waals surface area contributed by atoms with E-state index >= 15 is 0 Å². The molecule has 2 aromatic rings. The van der Waals surface area contributed by atoms with Gasteiger partial charge in [0.1, 0.15) is 4.88 Å². The van der Waals surface area contributed by atoms with Crippen LogP contribution in [0.2, 0.25) is 0 Å². The molecule has 0 bridgehead atoms. The number of benzene rings is 1. The summed E-state index contributed by atoms with van der Waals surface area (Å²) >= 11 is 4.84. The number of hydrogen-bond donors (Lipinski definition) is 3. The third-order valence-corrected chi connectivity index (χ3v) is 5.64. The zero-order valence-electron chi connectivity index (χ0n) is 11.4. The molecule has 6 heteroatoms. The lowest BCUT2D eigenvalue weighted by molar-refractivity contribution is 0.0950. The van der Waals surface area contributed by atoms with Crippen LogP contribution in [0, 0.1) is 5.92 Å². The second-order valence-electron chi connectivity index (χ2n) is 5.53. The number of rotatable bonds is 3. The molecule has 0 saturated heterocycles. The Labute approximate surface area is 135 Å². The predicted octanol–water partition coefficient (Wildman–Crippen LogP) is 3.14. The number of nitrogens with two attached hydrogens (primary N) is 1. The van der Waals surface area contributed by atoms with Crippen molar-refractivity contribution < 1.29 is 9.90 Å². The number of carbonyl (C=O) groups excluding carboxylic acids is 1. The molecule has 3 rings (SSSR count). The summed E-state index contributed by atoms with van der Waals surface area (Å²) in [6.07, 6.45) is 2.36. The fourth-order valence-electron chi connectivity index (χ4n) is 2.81. The average molecular weight is 369 g/mol. The SMILES string of the molecule is Nc1c(C(=O)NCC2CCC(O)C2)sc2ccc(Br)cc12. The van der Waals surface area contributed by atoms with Crippen LogP contribution in [0.3, 0.4) is 0 Å². The smallest absolute Gasteiger partial charge is 0.263 e. The highest BCUT2D eigenvalue weighted by atomic mass is 79.9. The Morgan fingerprint density at radius 3 is 3.00 bits per heavy atom. The summed E-state index contributed by atoms with van der Waals surface area (Å²) in [6.45, 7) is 0.604. The third kappa shape index (κ3) is 3.07. The molecule has 1 amide bonds. The van der Waals surface area contributed by atoms with Crippen molar-refractivity contribution in [3.8, 4) is 0 Å². The minimum absolute atomic E-state index is 0.119. The molecule has 1 aromatic heterocycles. The van der Waals surface area contributed by atoms with Crippen molar-refractivity contribution in [2.45, 2.75) is 25.4 Å². The number of aliphatic hydroxyl groups is 1. The molecule has 1 heterocycles. The van der Waals surface area contributed by atoms with E-state index < -0.39 is 0 Å². The van der Waals surface area contributed by atoms with Gasteiger partial charge in [-0.1, -0.05) is 15.9 Å². The second kappa shape index (κ2) is 5.94. The average Bonchev–Trinajstić information content (AvgIpc) is 3.01. The third-order valence-electron chi connectivity index (χ3n) is 3.96. The molecule has 112 valence electrons. The van der Waals surface area contributed by atoms with Crippen LogP contribution in [-0.4, -0.2) is 23.7 Å². The zero-order valence-corrected chi connectivity index (χ0v) is 13.8. The maximum absolute atomic E-state index is 12.3. The van der Waals surface area contributed by atoms with Crippen molar-refractivity contribution in [3.63, 3.8) is 0 Å². The molecule has 4 N–H and O–H groups in total. The van der Waals surface area contributed by atoms with Gasteiger partial charge in [0.25, 0.3) is 5.91 Å². The van der Waals surface area contributed by atoms with Crippen LogP contribution >= 0.6 is 27.3 Å². The Kier molecular flexibility index (Phi) is 4.19. The normalized spacial score (nSPS) is 21.8. The van der Waals surface area contributed by atoms with Crippen LogP contribution < -0.4 is 11.1 Å². The maximum atomic E-state index is 12.3. The summed E-state index contributed by atoms with van der Waals surface area (Å²) in [5, 5.41) is 13.4. The Bertz CT molecular complexity index is 686. The number of nitrogens with one attached hydrogen (secondary N) is 1. The Hall–Kier alpha value is -1.11. The van der Waals surface area contributed by atoms with E-state index in [0.717, 1.165) is 33.8 Å². The van der Waals surface area contributed by atoms with Gasteiger partial charge in [-0.05, 0) is 43.4 Å². The molecule has 0 radical (unpaired) electrons. The number of carbonyl (C=O) groups is 1. The Balaban J connectivity index is 1.74. The molecule has 1 aromatic carbocycles. The van der Waals surface area contributed by atoms with Gasteiger partial charge in [0.05, 0.1) is 11.8 Å². The van der Waals surface area contributed by atoms with Crippen LogP contribution in [0.1, 0.15) is 28.9 Å². The molecular weight excluding hydrogens is 352 g/mol. The van der Waals surface area contributed by atoms with Gasteiger partial charge in [-0.2, -0.15) is 0 Å². The maximum Gasteiger partial charge on any atom is 0.263 e. The van der Waals surface area contributed by atoms with E-state index in [4.69, 9.17) is 5.73 Å². The first-order chi connectivity index (χ1) is 10.0. The van der Waals surface area contributed by atoms with Crippen molar-refractivity contribution >= 4 is 48.9 Å². The van der Waals surface area contributed by atoms with E-state index in [1.807, 2.05) is 18.2 Å². The van der Waals surface area contributed by atoms with E-state index in [1.165, 1.54) is 11.3 Å². The largest absolute Gasteiger partial charge is 0.397 e.